The zero-order chi connectivity index (χ0) is 12.6. The molecule has 4 nitrogen and oxygen atoms in total. The third-order valence-corrected chi connectivity index (χ3v) is 3.26. The predicted molar refractivity (Wildman–Crippen MR) is 70.6 cm³/mol. The van der Waals surface area contributed by atoms with Crippen LogP contribution < -0.4 is 4.74 Å². The Labute approximate surface area is 110 Å². The summed E-state index contributed by atoms with van der Waals surface area (Å²) in [7, 11) is 0. The van der Waals surface area contributed by atoms with E-state index in [9.17, 15) is 0 Å². The number of nitriles is 1. The van der Waals surface area contributed by atoms with Crippen molar-refractivity contribution in [2.45, 2.75) is 11.6 Å². The van der Waals surface area contributed by atoms with Crippen molar-refractivity contribution < 1.29 is 4.74 Å². The number of H-pyrrole nitrogens is 1. The summed E-state index contributed by atoms with van der Waals surface area (Å²) in [6.07, 6.45) is 4.45. The Hall–Kier alpha value is -1.93. The first kappa shape index (κ1) is 12.5. The Kier molecular flexibility index (Phi) is 4.68. The molecule has 1 heterocycles. The van der Waals surface area contributed by atoms with Crippen molar-refractivity contribution in [2.24, 2.45) is 0 Å². The fourth-order valence-electron chi connectivity index (χ4n) is 1.42. The summed E-state index contributed by atoms with van der Waals surface area (Å²) < 4.78 is 5.58. The van der Waals surface area contributed by atoms with Crippen LogP contribution in [-0.4, -0.2) is 22.3 Å². The standard InChI is InChI=1S/C13H13N3OS/c14-10-11-4-1-2-5-12(11)17-8-3-9-18-13-15-6-7-16-13/h1-2,4-7H,3,8-9H2,(H,15,16). The maximum Gasteiger partial charge on any atom is 0.165 e. The Morgan fingerprint density at radius 2 is 2.28 bits per heavy atom. The van der Waals surface area contributed by atoms with Crippen LogP contribution in [0.25, 0.3) is 0 Å². The first-order valence-corrected chi connectivity index (χ1v) is 6.63. The monoisotopic (exact) mass is 259 g/mol. The Morgan fingerprint density at radius 3 is 3.06 bits per heavy atom. The lowest BCUT2D eigenvalue weighted by molar-refractivity contribution is 0.318. The van der Waals surface area contributed by atoms with E-state index in [0.29, 0.717) is 17.9 Å². The minimum atomic E-state index is 0.580. The third-order valence-electron chi connectivity index (χ3n) is 2.27. The number of aromatic nitrogens is 2. The van der Waals surface area contributed by atoms with Gasteiger partial charge in [0, 0.05) is 18.1 Å². The van der Waals surface area contributed by atoms with E-state index in [1.54, 1.807) is 24.0 Å². The van der Waals surface area contributed by atoms with E-state index < -0.39 is 0 Å². The average molecular weight is 259 g/mol. The number of benzene rings is 1. The maximum absolute atomic E-state index is 8.90. The van der Waals surface area contributed by atoms with Crippen LogP contribution in [0.15, 0.2) is 41.8 Å². The van der Waals surface area contributed by atoms with Gasteiger partial charge in [-0.25, -0.2) is 4.98 Å². The summed E-state index contributed by atoms with van der Waals surface area (Å²) >= 11 is 1.66. The molecule has 0 saturated carbocycles. The van der Waals surface area contributed by atoms with Crippen molar-refractivity contribution in [1.82, 2.24) is 9.97 Å². The molecule has 0 amide bonds. The molecule has 0 aliphatic rings. The van der Waals surface area contributed by atoms with Crippen molar-refractivity contribution in [3.63, 3.8) is 0 Å². The van der Waals surface area contributed by atoms with Gasteiger partial charge in [-0.1, -0.05) is 23.9 Å². The molecule has 0 unspecified atom stereocenters. The fraction of sp³-hybridized carbons (Fsp3) is 0.231. The highest BCUT2D eigenvalue weighted by molar-refractivity contribution is 7.99. The summed E-state index contributed by atoms with van der Waals surface area (Å²) in [4.78, 5) is 7.15. The van der Waals surface area contributed by atoms with Crippen molar-refractivity contribution in [2.75, 3.05) is 12.4 Å². The largest absolute Gasteiger partial charge is 0.492 e. The first-order valence-electron chi connectivity index (χ1n) is 5.64. The second kappa shape index (κ2) is 6.72. The lowest BCUT2D eigenvalue weighted by Gasteiger charge is -2.06. The normalized spacial score (nSPS) is 9.94. The lowest BCUT2D eigenvalue weighted by Crippen LogP contribution is -2.00. The SMILES string of the molecule is N#Cc1ccccc1OCCCSc1ncc[nH]1. The minimum Gasteiger partial charge on any atom is -0.492 e. The molecule has 0 saturated heterocycles. The zero-order valence-electron chi connectivity index (χ0n) is 9.80. The molecule has 0 aliphatic carbocycles. The number of nitrogens with one attached hydrogen (secondary N) is 1. The number of thioether (sulfide) groups is 1. The number of rotatable bonds is 6. The molecule has 0 fully saturated rings. The van der Waals surface area contributed by atoms with Gasteiger partial charge in [0.25, 0.3) is 0 Å². The molecular formula is C13H13N3OS. The minimum absolute atomic E-state index is 0.580. The summed E-state index contributed by atoms with van der Waals surface area (Å²) in [5.74, 6) is 1.59. The molecule has 2 rings (SSSR count). The van der Waals surface area contributed by atoms with E-state index in [-0.39, 0.29) is 0 Å². The van der Waals surface area contributed by atoms with Gasteiger partial charge in [0.05, 0.1) is 12.2 Å². The van der Waals surface area contributed by atoms with E-state index >= 15 is 0 Å². The van der Waals surface area contributed by atoms with Crippen LogP contribution >= 0.6 is 11.8 Å². The maximum atomic E-state index is 8.90. The summed E-state index contributed by atoms with van der Waals surface area (Å²) in [5.41, 5.74) is 0.580. The topological polar surface area (TPSA) is 61.7 Å². The molecule has 1 N–H and O–H groups in total. The summed E-state index contributed by atoms with van der Waals surface area (Å²) in [6, 6.07) is 9.39. The average Bonchev–Trinajstić information content (AvgIpc) is 2.92. The quantitative estimate of drug-likeness (QED) is 0.640. The van der Waals surface area contributed by atoms with E-state index in [0.717, 1.165) is 17.3 Å². The van der Waals surface area contributed by atoms with E-state index in [4.69, 9.17) is 10.00 Å². The van der Waals surface area contributed by atoms with Crippen LogP contribution in [0.5, 0.6) is 5.75 Å². The van der Waals surface area contributed by atoms with E-state index in [2.05, 4.69) is 16.0 Å². The van der Waals surface area contributed by atoms with Gasteiger partial charge in [-0.3, -0.25) is 0 Å². The van der Waals surface area contributed by atoms with E-state index in [1.165, 1.54) is 0 Å². The molecule has 5 heteroatoms. The van der Waals surface area contributed by atoms with Crippen LogP contribution in [0.3, 0.4) is 0 Å². The van der Waals surface area contributed by atoms with Crippen molar-refractivity contribution in [3.05, 3.63) is 42.2 Å². The molecule has 0 aliphatic heterocycles. The van der Waals surface area contributed by atoms with Gasteiger partial charge in [0.15, 0.2) is 5.16 Å². The molecule has 2 aromatic rings. The van der Waals surface area contributed by atoms with Crippen molar-refractivity contribution in [1.29, 1.82) is 5.26 Å². The number of hydrogen-bond acceptors (Lipinski definition) is 4. The molecular weight excluding hydrogens is 246 g/mol. The molecule has 0 atom stereocenters. The Bertz CT molecular complexity index is 519. The Morgan fingerprint density at radius 1 is 1.39 bits per heavy atom. The number of ether oxygens (including phenoxy) is 1. The van der Waals surface area contributed by atoms with Gasteiger partial charge < -0.3 is 9.72 Å². The van der Waals surface area contributed by atoms with Crippen molar-refractivity contribution in [3.8, 4) is 11.8 Å². The molecule has 92 valence electrons. The lowest BCUT2D eigenvalue weighted by atomic mass is 10.2. The number of hydrogen-bond donors (Lipinski definition) is 1. The number of nitrogens with zero attached hydrogens (tertiary/aromatic N) is 2. The van der Waals surface area contributed by atoms with Crippen LogP contribution in [-0.2, 0) is 0 Å². The van der Waals surface area contributed by atoms with Crippen LogP contribution in [0.4, 0.5) is 0 Å². The summed E-state index contributed by atoms with van der Waals surface area (Å²) in [5, 5.41) is 9.82. The molecule has 1 aromatic heterocycles. The summed E-state index contributed by atoms with van der Waals surface area (Å²) in [6.45, 7) is 0.604. The highest BCUT2D eigenvalue weighted by atomic mass is 32.2. The second-order valence-corrected chi connectivity index (χ2v) is 4.64. The van der Waals surface area contributed by atoms with Gasteiger partial charge in [-0.2, -0.15) is 5.26 Å². The zero-order valence-corrected chi connectivity index (χ0v) is 10.6. The highest BCUT2D eigenvalue weighted by Crippen LogP contribution is 2.17. The van der Waals surface area contributed by atoms with Crippen LogP contribution in [0.2, 0.25) is 0 Å². The fourth-order valence-corrected chi connectivity index (χ4v) is 2.17. The van der Waals surface area contributed by atoms with Crippen LogP contribution in [0, 0.1) is 11.3 Å². The van der Waals surface area contributed by atoms with Crippen molar-refractivity contribution >= 4 is 11.8 Å². The van der Waals surface area contributed by atoms with Gasteiger partial charge in [-0.15, -0.1) is 0 Å². The van der Waals surface area contributed by atoms with Gasteiger partial charge in [0.1, 0.15) is 11.8 Å². The molecule has 0 bridgehead atoms. The molecule has 18 heavy (non-hydrogen) atoms. The van der Waals surface area contributed by atoms with E-state index in [1.807, 2.05) is 24.4 Å². The number of para-hydroxylation sites is 1. The first-order chi connectivity index (χ1) is 8.90. The number of aromatic amines is 1. The van der Waals surface area contributed by atoms with Gasteiger partial charge in [0.2, 0.25) is 0 Å². The smallest absolute Gasteiger partial charge is 0.165 e. The predicted octanol–water partition coefficient (Wildman–Crippen LogP) is 2.84. The third kappa shape index (κ3) is 3.54. The Balaban J connectivity index is 1.71. The van der Waals surface area contributed by atoms with Gasteiger partial charge >= 0.3 is 0 Å². The second-order valence-electron chi connectivity index (χ2n) is 3.55. The highest BCUT2D eigenvalue weighted by Gasteiger charge is 2.01. The van der Waals surface area contributed by atoms with Gasteiger partial charge in [-0.05, 0) is 18.6 Å². The number of imidazole rings is 1. The molecule has 0 radical (unpaired) electrons. The molecule has 1 aromatic carbocycles. The molecule has 0 spiro atoms. The van der Waals surface area contributed by atoms with Crippen LogP contribution in [0.1, 0.15) is 12.0 Å².